The monoisotopic (exact) mass is 823 g/mol. The molecule has 316 valence electrons. The molecular formula is C39H44F3NO15. The molecule has 2 heterocycles. The van der Waals surface area contributed by atoms with Gasteiger partial charge in [-0.2, -0.15) is 13.2 Å². The van der Waals surface area contributed by atoms with E-state index in [1.165, 1.54) is 46.3 Å². The first-order chi connectivity index (χ1) is 27.0. The number of amides is 1. The number of aromatic hydroxyl groups is 2. The van der Waals surface area contributed by atoms with Crippen LogP contribution in [0.25, 0.3) is 0 Å². The van der Waals surface area contributed by atoms with Crippen molar-refractivity contribution in [3.63, 3.8) is 0 Å². The number of rotatable bonds is 9. The fourth-order valence-corrected chi connectivity index (χ4v) is 8.37. The minimum Gasteiger partial charge on any atom is -0.507 e. The van der Waals surface area contributed by atoms with E-state index in [2.05, 4.69) is 0 Å². The van der Waals surface area contributed by atoms with Crippen molar-refractivity contribution >= 4 is 29.2 Å². The van der Waals surface area contributed by atoms with E-state index in [1.807, 2.05) is 5.32 Å². The summed E-state index contributed by atoms with van der Waals surface area (Å²) < 4.78 is 81.9. The van der Waals surface area contributed by atoms with Crippen molar-refractivity contribution in [1.82, 2.24) is 5.32 Å². The lowest BCUT2D eigenvalue weighted by Gasteiger charge is -2.48. The number of phenolic OH excluding ortho intramolecular Hbond substituents is 2. The van der Waals surface area contributed by atoms with Gasteiger partial charge in [0.05, 0.1) is 48.2 Å². The van der Waals surface area contributed by atoms with Crippen LogP contribution in [0.3, 0.4) is 0 Å². The minimum absolute atomic E-state index is 0.00863. The van der Waals surface area contributed by atoms with E-state index in [1.54, 1.807) is 13.8 Å². The number of nitrogens with one attached hydrogen (secondary N) is 1. The summed E-state index contributed by atoms with van der Waals surface area (Å²) in [5.74, 6) is -7.04. The molecule has 4 N–H and O–H groups in total. The summed E-state index contributed by atoms with van der Waals surface area (Å²) in [6.07, 6.45) is -15.6. The summed E-state index contributed by atoms with van der Waals surface area (Å²) in [5, 5.41) is 36.9. The number of carbonyl (C=O) groups excluding carboxylic acids is 5. The quantitative estimate of drug-likeness (QED) is 0.180. The molecule has 0 aromatic heterocycles. The Bertz CT molecular complexity index is 2040. The number of alkyl halides is 3. The van der Waals surface area contributed by atoms with Crippen LogP contribution in [0.4, 0.5) is 13.2 Å². The second-order valence-electron chi connectivity index (χ2n) is 15.2. The Balaban J connectivity index is 1.35. The van der Waals surface area contributed by atoms with Crippen molar-refractivity contribution < 1.29 is 85.6 Å². The number of benzene rings is 2. The summed E-state index contributed by atoms with van der Waals surface area (Å²) in [7, 11) is 2.64. The zero-order valence-electron chi connectivity index (χ0n) is 32.6. The molecule has 2 aliphatic heterocycles. The molecule has 0 radical (unpaired) electrons. The minimum atomic E-state index is -5.32. The Hall–Kier alpha value is -4.66. The van der Waals surface area contributed by atoms with Crippen LogP contribution in [0.5, 0.6) is 17.2 Å². The van der Waals surface area contributed by atoms with Crippen LogP contribution in [-0.4, -0.2) is 119 Å². The molecule has 2 aliphatic carbocycles. The van der Waals surface area contributed by atoms with Crippen molar-refractivity contribution in [1.29, 1.82) is 0 Å². The van der Waals surface area contributed by atoms with Gasteiger partial charge in [0.25, 0.3) is 0 Å². The van der Waals surface area contributed by atoms with Crippen molar-refractivity contribution in [2.24, 2.45) is 0 Å². The molecule has 2 saturated heterocycles. The number of ketones is 3. The predicted octanol–water partition coefficient (Wildman–Crippen LogP) is 3.24. The van der Waals surface area contributed by atoms with E-state index >= 15 is 0 Å². The van der Waals surface area contributed by atoms with Gasteiger partial charge in [0.2, 0.25) is 5.78 Å². The van der Waals surface area contributed by atoms with E-state index in [4.69, 9.17) is 33.2 Å². The van der Waals surface area contributed by atoms with Gasteiger partial charge in [0.15, 0.2) is 30.3 Å². The van der Waals surface area contributed by atoms with Crippen molar-refractivity contribution in [3.05, 3.63) is 51.6 Å². The maximum atomic E-state index is 14.0. The van der Waals surface area contributed by atoms with Crippen LogP contribution >= 0.6 is 0 Å². The SMILES string of the molecule is COc1cccc2c1C(=O)c1c(O)c3c(c(O)c1C2=O)C[C@@](O)(C(C)=O)C[C@@H]3O[C@H]1C[C@H](NC(=O)C(F)(F)F)[C@H](O[C@H]2C[C@@](C)(OC)[C@@H](OC(C)=O)[C@H](C)O2)[C@H](C)O1. The Labute approximate surface area is 329 Å². The van der Waals surface area contributed by atoms with Gasteiger partial charge in [-0.3, -0.25) is 24.0 Å². The van der Waals surface area contributed by atoms with Crippen molar-refractivity contribution in [3.8, 4) is 17.2 Å². The van der Waals surface area contributed by atoms with Crippen molar-refractivity contribution in [2.45, 2.75) is 127 Å². The van der Waals surface area contributed by atoms with Gasteiger partial charge in [-0.15, -0.1) is 0 Å². The van der Waals surface area contributed by atoms with Gasteiger partial charge in [-0.05, 0) is 33.8 Å². The Morgan fingerprint density at radius 2 is 1.57 bits per heavy atom. The number of carbonyl (C=O) groups is 5. The summed E-state index contributed by atoms with van der Waals surface area (Å²) in [6, 6.07) is 2.71. The smallest absolute Gasteiger partial charge is 0.471 e. The van der Waals surface area contributed by atoms with Gasteiger partial charge in [-0.25, -0.2) is 0 Å². The van der Waals surface area contributed by atoms with Gasteiger partial charge in [0.1, 0.15) is 34.6 Å². The highest BCUT2D eigenvalue weighted by molar-refractivity contribution is 6.31. The highest BCUT2D eigenvalue weighted by Crippen LogP contribution is 2.53. The molecule has 4 aliphatic rings. The van der Waals surface area contributed by atoms with E-state index in [-0.39, 0.29) is 34.4 Å². The van der Waals surface area contributed by atoms with Crippen molar-refractivity contribution in [2.75, 3.05) is 14.2 Å². The maximum Gasteiger partial charge on any atom is 0.471 e. The number of fused-ring (bicyclic) bond motifs is 3. The fourth-order valence-electron chi connectivity index (χ4n) is 8.37. The number of Topliss-reactive ketones (excluding diaryl/α,β-unsaturated/α-hetero) is 1. The zero-order chi connectivity index (χ0) is 42.8. The number of hydrogen-bond donors (Lipinski definition) is 4. The fraction of sp³-hybridized carbons (Fsp3) is 0.564. The van der Waals surface area contributed by atoms with Crippen LogP contribution in [0, 0.1) is 0 Å². The third kappa shape index (κ3) is 7.54. The van der Waals surface area contributed by atoms with Crippen LogP contribution in [-0.2, 0) is 49.2 Å². The molecule has 0 saturated carbocycles. The van der Waals surface area contributed by atoms with E-state index < -0.39 is 138 Å². The largest absolute Gasteiger partial charge is 0.507 e. The third-order valence-electron chi connectivity index (χ3n) is 11.3. The number of halogens is 3. The lowest BCUT2D eigenvalue weighted by atomic mass is 9.72. The number of phenols is 2. The second kappa shape index (κ2) is 15.5. The van der Waals surface area contributed by atoms with E-state index in [0.717, 1.165) is 6.92 Å². The van der Waals surface area contributed by atoms with Gasteiger partial charge in [0, 0.05) is 56.4 Å². The molecule has 19 heteroatoms. The molecule has 6 rings (SSSR count). The summed E-state index contributed by atoms with van der Waals surface area (Å²) in [6.45, 7) is 6.92. The molecular weight excluding hydrogens is 779 g/mol. The number of esters is 1. The first-order valence-electron chi connectivity index (χ1n) is 18.4. The molecule has 0 unspecified atom stereocenters. The van der Waals surface area contributed by atoms with Gasteiger partial charge >= 0.3 is 18.1 Å². The molecule has 2 fully saturated rings. The average molecular weight is 824 g/mol. The molecule has 0 spiro atoms. The molecule has 1 amide bonds. The average Bonchev–Trinajstić information content (AvgIpc) is 3.13. The molecule has 2 aromatic rings. The van der Waals surface area contributed by atoms with Crippen LogP contribution < -0.4 is 10.1 Å². The second-order valence-corrected chi connectivity index (χ2v) is 15.2. The highest BCUT2D eigenvalue weighted by atomic mass is 19.4. The maximum absolute atomic E-state index is 14.0. The first kappa shape index (κ1) is 42.9. The van der Waals surface area contributed by atoms with Crippen LogP contribution in [0.15, 0.2) is 18.2 Å². The van der Waals surface area contributed by atoms with Crippen LogP contribution in [0.2, 0.25) is 0 Å². The first-order valence-corrected chi connectivity index (χ1v) is 18.4. The molecule has 58 heavy (non-hydrogen) atoms. The van der Waals surface area contributed by atoms with E-state index in [0.29, 0.717) is 0 Å². The Morgan fingerprint density at radius 1 is 0.914 bits per heavy atom. The third-order valence-corrected chi connectivity index (χ3v) is 11.3. The summed E-state index contributed by atoms with van der Waals surface area (Å²) in [4.78, 5) is 64.9. The van der Waals surface area contributed by atoms with Gasteiger partial charge < -0.3 is 53.8 Å². The standard InChI is InChI=1S/C39H44F3NO15/c1-15-34(58-25-14-37(5,53-7)35(16(2)55-25)56-18(4)45)21(43-36(50)39(40,41)42)11-24(54-15)57-23-13-38(51,17(3)44)12-20-27(23)33(49)29-28(31(20)47)30(46)19-9-8-10-22(52-6)26(19)32(29)48/h8-10,15-16,21,23-25,34-35,47,49,51H,11-14H2,1-7H3,(H,43,50)/t15-,16-,21-,23-,24-,25-,34+,35-,37+,38-/m0/s1. The molecule has 10 atom stereocenters. The Morgan fingerprint density at radius 3 is 2.17 bits per heavy atom. The molecule has 16 nitrogen and oxygen atoms in total. The molecule has 0 bridgehead atoms. The topological polar surface area (TPSA) is 223 Å². The summed E-state index contributed by atoms with van der Waals surface area (Å²) >= 11 is 0. The highest BCUT2D eigenvalue weighted by Gasteiger charge is 2.53. The van der Waals surface area contributed by atoms with Gasteiger partial charge in [-0.1, -0.05) is 12.1 Å². The zero-order valence-corrected chi connectivity index (χ0v) is 32.6. The Kier molecular flexibility index (Phi) is 11.5. The summed E-state index contributed by atoms with van der Waals surface area (Å²) in [5.41, 5.74) is -5.49. The number of ether oxygens (including phenoxy) is 7. The van der Waals surface area contributed by atoms with Crippen LogP contribution in [0.1, 0.15) is 103 Å². The molecule has 2 aromatic carbocycles. The van der Waals surface area contributed by atoms with E-state index in [9.17, 15) is 52.5 Å². The lowest BCUT2D eigenvalue weighted by molar-refractivity contribution is -0.319. The predicted molar refractivity (Wildman–Crippen MR) is 189 cm³/mol. The normalized spacial score (nSPS) is 32.1. The number of methoxy groups -OCH3 is 2. The lowest BCUT2D eigenvalue weighted by Crippen LogP contribution is -2.62. The number of aliphatic hydroxyl groups is 1. The number of hydrogen-bond acceptors (Lipinski definition) is 15.